The topological polar surface area (TPSA) is 18.5 Å². The fraction of sp³-hybridized carbons (Fsp3) is 0.268. The first-order valence-corrected chi connectivity index (χ1v) is 18.1. The third-order valence-corrected chi connectivity index (χ3v) is 14.9. The van der Waals surface area contributed by atoms with E-state index in [-0.39, 0.29) is 0 Å². The van der Waals surface area contributed by atoms with Crippen LogP contribution in [0.15, 0.2) is 97.1 Å². The standard InChI is InChI=1S/C41H40O2Si/c1-29-35(27-42-2)36(28-43-3)40(32-17-9-5-10-18-32)41-38(29)34-23-13-19-31-20-14-24-37(39(31)34)44(41,33-21-11-6-12-22-33)26-25-30-15-7-4-8-16-30/h4-5,7-10,13-20,23-24,33H,6,11-12,21-22,27-28H2,1-3H3. The van der Waals surface area contributed by atoms with E-state index in [0.29, 0.717) is 18.8 Å². The molecule has 2 aliphatic rings. The van der Waals surface area contributed by atoms with Gasteiger partial charge in [0.2, 0.25) is 8.07 Å². The van der Waals surface area contributed by atoms with Gasteiger partial charge in [-0.25, -0.2) is 0 Å². The van der Waals surface area contributed by atoms with Crippen LogP contribution in [0.3, 0.4) is 0 Å². The Kier molecular flexibility index (Phi) is 8.00. The Morgan fingerprint density at radius 2 is 1.36 bits per heavy atom. The molecular formula is C41H40O2Si. The molecule has 1 heterocycles. The molecule has 5 aromatic carbocycles. The van der Waals surface area contributed by atoms with Crippen molar-refractivity contribution >= 4 is 29.2 Å². The molecule has 2 nitrogen and oxygen atoms in total. The first-order chi connectivity index (χ1) is 21.7. The normalized spacial score (nSPS) is 17.6. The SMILES string of the molecule is COCc1c(C)c2c(c(-c3ccccc3)c1COC)[Si](C#Cc1ccccc1)(C1CCCCC1)c1cccc3cccc-2c13. The maximum absolute atomic E-state index is 6.02. The highest BCUT2D eigenvalue weighted by Gasteiger charge is 2.51. The Hall–Kier alpha value is -3.94. The van der Waals surface area contributed by atoms with Crippen molar-refractivity contribution in [3.05, 3.63) is 119 Å². The van der Waals surface area contributed by atoms with E-state index in [4.69, 9.17) is 9.47 Å². The summed E-state index contributed by atoms with van der Waals surface area (Å²) < 4.78 is 11.9. The molecule has 0 bridgehead atoms. The smallest absolute Gasteiger partial charge is 0.204 e. The maximum Gasteiger partial charge on any atom is 0.204 e. The number of benzene rings is 5. The fourth-order valence-corrected chi connectivity index (χ4v) is 13.8. The van der Waals surface area contributed by atoms with Crippen molar-refractivity contribution in [2.45, 2.75) is 57.8 Å². The molecule has 1 aliphatic heterocycles. The molecule has 0 amide bonds. The third-order valence-electron chi connectivity index (χ3n) is 10.0. The second-order valence-electron chi connectivity index (χ2n) is 12.4. The first-order valence-electron chi connectivity index (χ1n) is 16.0. The molecule has 3 heteroatoms. The van der Waals surface area contributed by atoms with Gasteiger partial charge >= 0.3 is 0 Å². The molecule has 0 aromatic heterocycles. The van der Waals surface area contributed by atoms with Crippen LogP contribution in [0.4, 0.5) is 0 Å². The van der Waals surface area contributed by atoms with Crippen molar-refractivity contribution in [3.8, 4) is 33.7 Å². The molecule has 0 spiro atoms. The summed E-state index contributed by atoms with van der Waals surface area (Å²) in [7, 11) is 0.864. The molecule has 7 rings (SSSR count). The largest absolute Gasteiger partial charge is 0.380 e. The number of hydrogen-bond acceptors (Lipinski definition) is 2. The molecule has 220 valence electrons. The zero-order valence-electron chi connectivity index (χ0n) is 26.1. The summed E-state index contributed by atoms with van der Waals surface area (Å²) in [6, 6.07) is 35.5. The Bertz CT molecular complexity index is 1870. The van der Waals surface area contributed by atoms with E-state index in [1.54, 1.807) is 7.11 Å². The average Bonchev–Trinajstić information content (AvgIpc) is 3.08. The predicted octanol–water partition coefficient (Wildman–Crippen LogP) is 8.58. The highest BCUT2D eigenvalue weighted by Crippen LogP contribution is 2.47. The lowest BCUT2D eigenvalue weighted by atomic mass is 9.85. The zero-order valence-corrected chi connectivity index (χ0v) is 27.1. The monoisotopic (exact) mass is 592 g/mol. The van der Waals surface area contributed by atoms with Crippen molar-refractivity contribution in [2.75, 3.05) is 14.2 Å². The minimum absolute atomic E-state index is 0.524. The Morgan fingerprint density at radius 3 is 2.07 bits per heavy atom. The quantitative estimate of drug-likeness (QED) is 0.145. The van der Waals surface area contributed by atoms with Crippen LogP contribution in [0.1, 0.15) is 54.4 Å². The van der Waals surface area contributed by atoms with Crippen molar-refractivity contribution in [2.24, 2.45) is 0 Å². The van der Waals surface area contributed by atoms with Crippen LogP contribution in [0.25, 0.3) is 33.0 Å². The molecule has 0 N–H and O–H groups in total. The first kappa shape index (κ1) is 28.8. The summed E-state index contributed by atoms with van der Waals surface area (Å²) in [6.07, 6.45) is 6.30. The van der Waals surface area contributed by atoms with Gasteiger partial charge in [0.05, 0.1) is 13.2 Å². The van der Waals surface area contributed by atoms with Gasteiger partial charge in [0, 0.05) is 19.8 Å². The minimum atomic E-state index is -2.76. The van der Waals surface area contributed by atoms with Gasteiger partial charge in [0.25, 0.3) is 0 Å². The lowest BCUT2D eigenvalue weighted by Crippen LogP contribution is -2.64. The van der Waals surface area contributed by atoms with Crippen LogP contribution >= 0.6 is 0 Å². The maximum atomic E-state index is 6.02. The van der Waals surface area contributed by atoms with Crippen LogP contribution in [-0.4, -0.2) is 22.3 Å². The molecule has 1 unspecified atom stereocenters. The van der Waals surface area contributed by atoms with Gasteiger partial charge in [0.15, 0.2) is 0 Å². The summed E-state index contributed by atoms with van der Waals surface area (Å²) in [6.45, 7) is 3.39. The van der Waals surface area contributed by atoms with Crippen molar-refractivity contribution < 1.29 is 9.47 Å². The minimum Gasteiger partial charge on any atom is -0.380 e. The van der Waals surface area contributed by atoms with Gasteiger partial charge in [-0.2, -0.15) is 0 Å². The predicted molar refractivity (Wildman–Crippen MR) is 186 cm³/mol. The molecule has 1 aliphatic carbocycles. The molecule has 44 heavy (non-hydrogen) atoms. The van der Waals surface area contributed by atoms with Crippen LogP contribution in [-0.2, 0) is 22.7 Å². The van der Waals surface area contributed by atoms with Crippen LogP contribution in [0, 0.1) is 18.4 Å². The van der Waals surface area contributed by atoms with Gasteiger partial charge < -0.3 is 9.47 Å². The molecular weight excluding hydrogens is 553 g/mol. The number of ether oxygens (including phenoxy) is 2. The van der Waals surface area contributed by atoms with Gasteiger partial charge in [-0.05, 0) is 84.7 Å². The number of fused-ring (bicyclic) bond motifs is 2. The van der Waals surface area contributed by atoms with E-state index in [1.807, 2.05) is 7.11 Å². The van der Waals surface area contributed by atoms with Crippen molar-refractivity contribution in [1.82, 2.24) is 0 Å². The molecule has 1 atom stereocenters. The van der Waals surface area contributed by atoms with Crippen LogP contribution in [0.5, 0.6) is 0 Å². The van der Waals surface area contributed by atoms with Crippen molar-refractivity contribution in [1.29, 1.82) is 0 Å². The zero-order chi connectivity index (χ0) is 30.1. The summed E-state index contributed by atoms with van der Waals surface area (Å²) in [5.74, 6) is 3.81. The number of rotatable bonds is 6. The van der Waals surface area contributed by atoms with Gasteiger partial charge in [-0.15, -0.1) is 5.54 Å². The summed E-state index contributed by atoms with van der Waals surface area (Å²) >= 11 is 0. The molecule has 1 fully saturated rings. The van der Waals surface area contributed by atoms with Crippen LogP contribution in [0.2, 0.25) is 5.54 Å². The van der Waals surface area contributed by atoms with Crippen LogP contribution < -0.4 is 10.4 Å². The van der Waals surface area contributed by atoms with E-state index >= 15 is 0 Å². The van der Waals surface area contributed by atoms with Gasteiger partial charge in [-0.1, -0.05) is 123 Å². The van der Waals surface area contributed by atoms with E-state index in [0.717, 1.165) is 5.56 Å². The van der Waals surface area contributed by atoms with Gasteiger partial charge in [0.1, 0.15) is 0 Å². The summed E-state index contributed by atoms with van der Waals surface area (Å²) in [4.78, 5) is 0. The summed E-state index contributed by atoms with van der Waals surface area (Å²) in [5.41, 5.74) is 15.0. The molecule has 0 radical (unpaired) electrons. The second-order valence-corrected chi connectivity index (χ2v) is 16.1. The second kappa shape index (κ2) is 12.2. The Balaban J connectivity index is 1.73. The molecule has 0 saturated heterocycles. The molecule has 5 aromatic rings. The highest BCUT2D eigenvalue weighted by atomic mass is 28.3. The Morgan fingerprint density at radius 1 is 0.705 bits per heavy atom. The summed E-state index contributed by atoms with van der Waals surface area (Å²) in [5, 5.41) is 5.71. The van der Waals surface area contributed by atoms with E-state index < -0.39 is 8.07 Å². The van der Waals surface area contributed by atoms with E-state index in [2.05, 4.69) is 115 Å². The lowest BCUT2D eigenvalue weighted by Gasteiger charge is -2.45. The number of methoxy groups -OCH3 is 2. The third kappa shape index (κ3) is 4.65. The lowest BCUT2D eigenvalue weighted by molar-refractivity contribution is 0.168. The fourth-order valence-electron chi connectivity index (χ4n) is 8.19. The Labute approximate surface area is 263 Å². The highest BCUT2D eigenvalue weighted by molar-refractivity contribution is 7.12. The average molecular weight is 593 g/mol. The van der Waals surface area contributed by atoms with Crippen molar-refractivity contribution in [3.63, 3.8) is 0 Å². The van der Waals surface area contributed by atoms with E-state index in [9.17, 15) is 0 Å². The van der Waals surface area contributed by atoms with E-state index in [1.165, 1.54) is 92.2 Å². The van der Waals surface area contributed by atoms with Gasteiger partial charge in [-0.3, -0.25) is 0 Å². The molecule has 1 saturated carbocycles. The number of hydrogen-bond donors (Lipinski definition) is 0.